The molecule has 13 aromatic rings. The molecule has 0 unspecified atom stereocenters. The maximum Gasteiger partial charge on any atom is 0.101 e. The summed E-state index contributed by atoms with van der Waals surface area (Å²) in [5, 5.41) is 30.6. The number of nitrogens with zero attached hydrogens (tertiary/aromatic N) is 6. The molecule has 0 saturated carbocycles. The molecule has 0 aliphatic heterocycles. The van der Waals surface area contributed by atoms with E-state index in [-0.39, 0.29) is 0 Å². The van der Waals surface area contributed by atoms with Gasteiger partial charge in [-0.2, -0.15) is 10.5 Å². The summed E-state index contributed by atoms with van der Waals surface area (Å²) in [6, 6.07) is 73.0. The lowest BCUT2D eigenvalue weighted by Crippen LogP contribution is -2.07. The average molecular weight is 789 g/mol. The van der Waals surface area contributed by atoms with E-state index in [4.69, 9.17) is 0 Å². The van der Waals surface area contributed by atoms with Crippen LogP contribution in [0.2, 0.25) is 0 Å². The van der Waals surface area contributed by atoms with Gasteiger partial charge in [0.15, 0.2) is 0 Å². The van der Waals surface area contributed by atoms with E-state index in [2.05, 4.69) is 206 Å². The molecule has 0 radical (unpaired) electrons. The summed E-state index contributed by atoms with van der Waals surface area (Å²) >= 11 is 0. The maximum atomic E-state index is 11.2. The molecule has 0 fully saturated rings. The van der Waals surface area contributed by atoms with Crippen LogP contribution in [0.3, 0.4) is 0 Å². The smallest absolute Gasteiger partial charge is 0.101 e. The van der Waals surface area contributed by atoms with Crippen LogP contribution in [0.25, 0.3) is 110 Å². The predicted molar refractivity (Wildman–Crippen MR) is 253 cm³/mol. The highest BCUT2D eigenvalue weighted by Crippen LogP contribution is 2.44. The molecule has 9 aromatic carbocycles. The lowest BCUT2D eigenvalue weighted by molar-refractivity contribution is 1.09. The normalized spacial score (nSPS) is 11.8. The van der Waals surface area contributed by atoms with E-state index in [1.807, 2.05) is 12.1 Å². The van der Waals surface area contributed by atoms with Crippen LogP contribution in [-0.2, 0) is 0 Å². The van der Waals surface area contributed by atoms with E-state index in [9.17, 15) is 10.5 Å². The molecule has 286 valence electrons. The second kappa shape index (κ2) is 12.8. The van der Waals surface area contributed by atoms with E-state index in [1.54, 1.807) is 6.07 Å². The number of hydrogen-bond donors (Lipinski definition) is 0. The molecule has 13 rings (SSSR count). The van der Waals surface area contributed by atoms with Gasteiger partial charge in [0.05, 0.1) is 72.7 Å². The SMILES string of the molecule is N#Cc1cc(C#N)c(-n2c3ccccc3c3cc4c(cc32)c2ccccc2n4-c2ccccc2)c(-n2c3ccccc3c3cc4c(cc32)c2ccccc2n4-c2ccccc2)c1. The molecule has 4 heterocycles. The molecule has 0 aliphatic rings. The van der Waals surface area contributed by atoms with Crippen LogP contribution >= 0.6 is 0 Å². The van der Waals surface area contributed by atoms with Crippen molar-refractivity contribution in [3.05, 3.63) is 205 Å². The Morgan fingerprint density at radius 2 is 0.645 bits per heavy atom. The van der Waals surface area contributed by atoms with E-state index in [0.717, 1.165) is 110 Å². The fraction of sp³-hybridized carbons (Fsp3) is 0. The van der Waals surface area contributed by atoms with Crippen LogP contribution in [-0.4, -0.2) is 18.3 Å². The van der Waals surface area contributed by atoms with E-state index < -0.39 is 0 Å². The Bertz CT molecular complexity index is 4110. The highest BCUT2D eigenvalue weighted by Gasteiger charge is 2.26. The summed E-state index contributed by atoms with van der Waals surface area (Å²) in [6.45, 7) is 0. The summed E-state index contributed by atoms with van der Waals surface area (Å²) in [5.74, 6) is 0. The first kappa shape index (κ1) is 34.1. The van der Waals surface area contributed by atoms with Crippen LogP contribution < -0.4 is 0 Å². The number of para-hydroxylation sites is 6. The summed E-state index contributed by atoms with van der Waals surface area (Å²) in [6.07, 6.45) is 0. The summed E-state index contributed by atoms with van der Waals surface area (Å²) < 4.78 is 9.22. The Labute approximate surface area is 354 Å². The molecule has 0 amide bonds. The Kier molecular flexibility index (Phi) is 7.05. The number of fused-ring (bicyclic) bond motifs is 12. The number of benzene rings is 9. The third-order valence-electron chi connectivity index (χ3n) is 12.8. The Morgan fingerprint density at radius 1 is 0.290 bits per heavy atom. The number of nitriles is 2. The van der Waals surface area contributed by atoms with Crippen molar-refractivity contribution < 1.29 is 0 Å². The van der Waals surface area contributed by atoms with Crippen molar-refractivity contribution in [3.8, 4) is 34.9 Å². The third-order valence-corrected chi connectivity index (χ3v) is 12.8. The van der Waals surface area contributed by atoms with Crippen molar-refractivity contribution in [2.75, 3.05) is 0 Å². The van der Waals surface area contributed by atoms with Crippen molar-refractivity contribution in [1.29, 1.82) is 10.5 Å². The van der Waals surface area contributed by atoms with Gasteiger partial charge in [0, 0.05) is 54.5 Å². The topological polar surface area (TPSA) is 67.3 Å². The van der Waals surface area contributed by atoms with Gasteiger partial charge in [0.25, 0.3) is 0 Å². The number of hydrogen-bond acceptors (Lipinski definition) is 2. The van der Waals surface area contributed by atoms with Crippen molar-refractivity contribution >= 4 is 87.2 Å². The molecule has 0 saturated heterocycles. The standard InChI is InChI=1S/C56H32N6/c57-33-35-27-36(34-58)56(62-50-26-14-10-22-42(50)46-30-52-44(32-54(46)62)40-20-8-12-24-48(40)60(52)38-17-5-2-6-18-38)55(28-35)61-49-25-13-9-21-41(49)45-29-51-43(31-53(45)61)39-19-7-11-23-47(39)59(51)37-15-3-1-4-16-37/h1-32H. The van der Waals surface area contributed by atoms with Crippen molar-refractivity contribution in [2.24, 2.45) is 0 Å². The minimum Gasteiger partial charge on any atom is -0.309 e. The van der Waals surface area contributed by atoms with Gasteiger partial charge in [-0.05, 0) is 84.9 Å². The molecule has 0 atom stereocenters. The molecular formula is C56H32N6. The quantitative estimate of drug-likeness (QED) is 0.178. The van der Waals surface area contributed by atoms with Crippen molar-refractivity contribution in [3.63, 3.8) is 0 Å². The first-order valence-electron chi connectivity index (χ1n) is 20.7. The molecular weight excluding hydrogens is 757 g/mol. The van der Waals surface area contributed by atoms with Crippen LogP contribution in [0.1, 0.15) is 11.1 Å². The zero-order valence-corrected chi connectivity index (χ0v) is 33.2. The average Bonchev–Trinajstić information content (AvgIpc) is 4.04. The lowest BCUT2D eigenvalue weighted by atomic mass is 10.1. The van der Waals surface area contributed by atoms with Gasteiger partial charge in [-0.15, -0.1) is 0 Å². The third kappa shape index (κ3) is 4.61. The Hall–Kier alpha value is -8.84. The molecule has 0 N–H and O–H groups in total. The van der Waals surface area contributed by atoms with Crippen molar-refractivity contribution in [1.82, 2.24) is 18.3 Å². The van der Waals surface area contributed by atoms with Gasteiger partial charge in [0.2, 0.25) is 0 Å². The Morgan fingerprint density at radius 3 is 1.06 bits per heavy atom. The maximum absolute atomic E-state index is 11.2. The molecule has 6 heteroatoms. The monoisotopic (exact) mass is 788 g/mol. The highest BCUT2D eigenvalue weighted by molar-refractivity contribution is 6.21. The van der Waals surface area contributed by atoms with E-state index >= 15 is 0 Å². The lowest BCUT2D eigenvalue weighted by Gasteiger charge is -2.19. The predicted octanol–water partition coefficient (Wildman–Crippen LogP) is 13.8. The van der Waals surface area contributed by atoms with Crippen molar-refractivity contribution in [2.45, 2.75) is 0 Å². The van der Waals surface area contributed by atoms with Gasteiger partial charge in [0.1, 0.15) is 6.07 Å². The Balaban J connectivity index is 1.19. The van der Waals surface area contributed by atoms with Crippen LogP contribution in [0.5, 0.6) is 0 Å². The van der Waals surface area contributed by atoms with Gasteiger partial charge in [-0.1, -0.05) is 109 Å². The number of rotatable bonds is 4. The summed E-state index contributed by atoms with van der Waals surface area (Å²) in [4.78, 5) is 0. The molecule has 62 heavy (non-hydrogen) atoms. The first-order chi connectivity index (χ1) is 30.7. The molecule has 4 aromatic heterocycles. The molecule has 0 bridgehead atoms. The summed E-state index contributed by atoms with van der Waals surface area (Å²) in [7, 11) is 0. The minimum absolute atomic E-state index is 0.418. The van der Waals surface area contributed by atoms with Crippen LogP contribution in [0.15, 0.2) is 194 Å². The fourth-order valence-corrected chi connectivity index (χ4v) is 10.2. The van der Waals surface area contributed by atoms with Gasteiger partial charge in [-0.25, -0.2) is 0 Å². The zero-order valence-electron chi connectivity index (χ0n) is 33.2. The second-order valence-corrected chi connectivity index (χ2v) is 16.0. The van der Waals surface area contributed by atoms with Gasteiger partial charge >= 0.3 is 0 Å². The fourth-order valence-electron chi connectivity index (χ4n) is 10.2. The minimum atomic E-state index is 0.418. The largest absolute Gasteiger partial charge is 0.309 e. The summed E-state index contributed by atoms with van der Waals surface area (Å²) in [5.41, 5.74) is 12.9. The van der Waals surface area contributed by atoms with Gasteiger partial charge in [-0.3, -0.25) is 0 Å². The molecule has 6 nitrogen and oxygen atoms in total. The van der Waals surface area contributed by atoms with Crippen LogP contribution in [0, 0.1) is 22.7 Å². The highest BCUT2D eigenvalue weighted by atomic mass is 15.1. The van der Waals surface area contributed by atoms with E-state index in [0.29, 0.717) is 11.1 Å². The first-order valence-corrected chi connectivity index (χ1v) is 20.7. The van der Waals surface area contributed by atoms with Crippen LogP contribution in [0.4, 0.5) is 0 Å². The zero-order chi connectivity index (χ0) is 41.1. The van der Waals surface area contributed by atoms with Gasteiger partial charge < -0.3 is 18.3 Å². The van der Waals surface area contributed by atoms with E-state index in [1.165, 1.54) is 0 Å². The second-order valence-electron chi connectivity index (χ2n) is 16.0. The molecule has 0 spiro atoms. The molecule has 0 aliphatic carbocycles. The number of aromatic nitrogens is 4.